The van der Waals surface area contributed by atoms with Gasteiger partial charge in [0.2, 0.25) is 0 Å². The second-order valence-electron chi connectivity index (χ2n) is 20.6. The molecule has 0 radical (unpaired) electrons. The molecule has 0 amide bonds. The standard InChI is InChI=1S/C66H109NO8/c1-6-8-10-12-14-16-18-20-22-23-24-25-26-27-28-29-30-31-32-33-34-35-36-37-38-39-40-41-43-45-47-49-51-53-55-57-64(69)75-62(61-74-66(65(70)71)72-59-58-67(3,4)5)60-73-63(68)56-54-52-50-48-46-44-42-21-19-17-15-13-11-9-7-2/h8,10,14,16,20,22,24-25,27-28,30-31,33-34,36-37,39-40,43,45,62,66H,6-7,9,11-13,15,17-19,21,23,26,29,32,35,38,41-42,44,46-61H2,1-5H3/b10-8-,16-14-,22-20-,25-24-,28-27-,31-30-,34-33-,37-36-,40-39-,45-43-. The number of quaternary nitrogens is 1. The maximum absolute atomic E-state index is 12.9. The fraction of sp³-hybridized carbons (Fsp3) is 0.652. The van der Waals surface area contributed by atoms with Gasteiger partial charge in [0.1, 0.15) is 13.2 Å². The highest BCUT2D eigenvalue weighted by Gasteiger charge is 2.22. The maximum Gasteiger partial charge on any atom is 0.306 e. The van der Waals surface area contributed by atoms with Crippen LogP contribution in [0.15, 0.2) is 122 Å². The van der Waals surface area contributed by atoms with Crippen molar-refractivity contribution >= 4 is 17.9 Å². The van der Waals surface area contributed by atoms with Crippen LogP contribution in [0.5, 0.6) is 0 Å². The van der Waals surface area contributed by atoms with E-state index in [0.717, 1.165) is 109 Å². The summed E-state index contributed by atoms with van der Waals surface area (Å²) in [6.45, 7) is 4.59. The zero-order chi connectivity index (χ0) is 54.8. The molecule has 2 unspecified atom stereocenters. The molecule has 0 bridgehead atoms. The minimum atomic E-state index is -1.63. The first-order valence-corrected chi connectivity index (χ1v) is 29.7. The van der Waals surface area contributed by atoms with Gasteiger partial charge in [-0.25, -0.2) is 0 Å². The van der Waals surface area contributed by atoms with Crippen molar-refractivity contribution in [2.45, 2.75) is 232 Å². The topological polar surface area (TPSA) is 111 Å². The molecule has 0 spiro atoms. The fourth-order valence-corrected chi connectivity index (χ4v) is 7.68. The van der Waals surface area contributed by atoms with Crippen molar-refractivity contribution in [3.05, 3.63) is 122 Å². The summed E-state index contributed by atoms with van der Waals surface area (Å²) in [5.74, 6) is -2.33. The molecule has 0 saturated carbocycles. The largest absolute Gasteiger partial charge is 0.545 e. The minimum Gasteiger partial charge on any atom is -0.545 e. The van der Waals surface area contributed by atoms with E-state index in [-0.39, 0.29) is 38.6 Å². The van der Waals surface area contributed by atoms with Crippen LogP contribution in [0.1, 0.15) is 219 Å². The van der Waals surface area contributed by atoms with E-state index < -0.39 is 24.3 Å². The van der Waals surface area contributed by atoms with Crippen LogP contribution in [0.4, 0.5) is 0 Å². The molecule has 0 fully saturated rings. The molecule has 0 saturated heterocycles. The van der Waals surface area contributed by atoms with E-state index in [4.69, 9.17) is 18.9 Å². The van der Waals surface area contributed by atoms with Crippen molar-refractivity contribution in [1.29, 1.82) is 0 Å². The van der Waals surface area contributed by atoms with E-state index in [2.05, 4.69) is 135 Å². The first kappa shape index (κ1) is 70.7. The first-order chi connectivity index (χ1) is 36.6. The quantitative estimate of drug-likeness (QED) is 0.0195. The van der Waals surface area contributed by atoms with Gasteiger partial charge < -0.3 is 33.3 Å². The molecule has 426 valence electrons. The van der Waals surface area contributed by atoms with Crippen LogP contribution < -0.4 is 5.11 Å². The number of carbonyl (C=O) groups excluding carboxylic acids is 3. The van der Waals surface area contributed by atoms with Crippen LogP contribution in [0.25, 0.3) is 0 Å². The van der Waals surface area contributed by atoms with Gasteiger partial charge in [0.05, 0.1) is 40.3 Å². The molecule has 75 heavy (non-hydrogen) atoms. The van der Waals surface area contributed by atoms with Crippen molar-refractivity contribution in [3.63, 3.8) is 0 Å². The van der Waals surface area contributed by atoms with Crippen molar-refractivity contribution in [3.8, 4) is 0 Å². The molecule has 0 aromatic carbocycles. The Kier molecular flexibility index (Phi) is 52.7. The monoisotopic (exact) mass is 1040 g/mol. The zero-order valence-electron chi connectivity index (χ0n) is 48.4. The lowest BCUT2D eigenvalue weighted by Gasteiger charge is -2.26. The highest BCUT2D eigenvalue weighted by Crippen LogP contribution is 2.15. The van der Waals surface area contributed by atoms with Crippen LogP contribution in [-0.2, 0) is 33.3 Å². The highest BCUT2D eigenvalue weighted by atomic mass is 16.7. The summed E-state index contributed by atoms with van der Waals surface area (Å²) >= 11 is 0. The molecule has 9 heteroatoms. The van der Waals surface area contributed by atoms with E-state index in [0.29, 0.717) is 17.4 Å². The number of esters is 2. The number of carbonyl (C=O) groups is 3. The maximum atomic E-state index is 12.9. The summed E-state index contributed by atoms with van der Waals surface area (Å²) in [4.78, 5) is 37.2. The summed E-state index contributed by atoms with van der Waals surface area (Å²) in [7, 11) is 5.90. The van der Waals surface area contributed by atoms with Crippen molar-refractivity contribution in [2.75, 3.05) is 47.5 Å². The first-order valence-electron chi connectivity index (χ1n) is 29.7. The third kappa shape index (κ3) is 57.2. The van der Waals surface area contributed by atoms with Crippen LogP contribution >= 0.6 is 0 Å². The van der Waals surface area contributed by atoms with Gasteiger partial charge in [0, 0.05) is 12.8 Å². The number of rotatable bonds is 53. The second-order valence-corrected chi connectivity index (χ2v) is 20.6. The molecule has 0 N–H and O–H groups in total. The average Bonchev–Trinajstić information content (AvgIpc) is 3.38. The van der Waals surface area contributed by atoms with Gasteiger partial charge in [0.25, 0.3) is 0 Å². The van der Waals surface area contributed by atoms with E-state index >= 15 is 0 Å². The Morgan fingerprint density at radius 2 is 0.760 bits per heavy atom. The van der Waals surface area contributed by atoms with Gasteiger partial charge in [-0.05, 0) is 89.9 Å². The number of likely N-dealkylation sites (N-methyl/N-ethyl adjacent to an activating group) is 1. The summed E-state index contributed by atoms with van der Waals surface area (Å²) in [5.41, 5.74) is 0. The number of hydrogen-bond donors (Lipinski definition) is 0. The van der Waals surface area contributed by atoms with Gasteiger partial charge in [0.15, 0.2) is 12.4 Å². The lowest BCUT2D eigenvalue weighted by Crippen LogP contribution is -2.44. The van der Waals surface area contributed by atoms with E-state index in [1.807, 2.05) is 21.1 Å². The molecule has 0 rings (SSSR count). The molecule has 0 heterocycles. The number of unbranched alkanes of at least 4 members (excludes halogenated alkanes) is 18. The summed E-state index contributed by atoms with van der Waals surface area (Å²) in [6.07, 6.45) is 75.3. The van der Waals surface area contributed by atoms with Gasteiger partial charge in [-0.15, -0.1) is 0 Å². The molecule has 0 aliphatic carbocycles. The predicted molar refractivity (Wildman–Crippen MR) is 315 cm³/mol. The minimum absolute atomic E-state index is 0.137. The number of allylic oxidation sites excluding steroid dienone is 20. The lowest BCUT2D eigenvalue weighted by atomic mass is 10.0. The smallest absolute Gasteiger partial charge is 0.306 e. The Labute approximate surface area is 459 Å². The molecule has 0 aromatic rings. The number of ether oxygens (including phenoxy) is 4. The number of carboxylic acids is 1. The Morgan fingerprint density at radius 3 is 1.13 bits per heavy atom. The molecular weight excluding hydrogens is 935 g/mol. The van der Waals surface area contributed by atoms with Gasteiger partial charge in [-0.1, -0.05) is 238 Å². The lowest BCUT2D eigenvalue weighted by molar-refractivity contribution is -0.870. The SMILES string of the molecule is CC/C=C\C/C=C\C/C=C\C/C=C\C/C=C\C/C=C\C/C=C\C/C=C\C/C=C\C/C=C\CCCCCCC(=O)OC(COC(=O)CCCCCCCCCCCCCCCCC)COC(OCC[N+](C)(C)C)C(=O)[O-]. The summed E-state index contributed by atoms with van der Waals surface area (Å²) in [5, 5.41) is 11.8. The molecule has 9 nitrogen and oxygen atoms in total. The number of aliphatic carboxylic acids is 1. The molecular formula is C66H109NO8. The number of hydrogen-bond acceptors (Lipinski definition) is 8. The van der Waals surface area contributed by atoms with Crippen LogP contribution in [0.2, 0.25) is 0 Å². The number of carboxylic acid groups (broad SMARTS) is 1. The predicted octanol–water partition coefficient (Wildman–Crippen LogP) is 16.3. The van der Waals surface area contributed by atoms with Crippen molar-refractivity contribution in [2.24, 2.45) is 0 Å². The average molecular weight is 1040 g/mol. The Balaban J connectivity index is 4.29. The third-order valence-corrected chi connectivity index (χ3v) is 12.2. The van der Waals surface area contributed by atoms with Crippen molar-refractivity contribution < 1.29 is 42.9 Å². The summed E-state index contributed by atoms with van der Waals surface area (Å²) in [6, 6.07) is 0. The second kappa shape index (κ2) is 55.9. The third-order valence-electron chi connectivity index (χ3n) is 12.2. The van der Waals surface area contributed by atoms with Crippen LogP contribution in [-0.4, -0.2) is 82.3 Å². The fourth-order valence-electron chi connectivity index (χ4n) is 7.68. The zero-order valence-corrected chi connectivity index (χ0v) is 48.4. The Bertz CT molecular complexity index is 1640. The summed E-state index contributed by atoms with van der Waals surface area (Å²) < 4.78 is 22.6. The van der Waals surface area contributed by atoms with E-state index in [1.54, 1.807) is 0 Å². The molecule has 0 aromatic heterocycles. The number of nitrogens with zero attached hydrogens (tertiary/aromatic N) is 1. The van der Waals surface area contributed by atoms with Gasteiger partial charge in [-0.3, -0.25) is 9.59 Å². The molecule has 0 aliphatic rings. The van der Waals surface area contributed by atoms with Crippen LogP contribution in [0.3, 0.4) is 0 Å². The van der Waals surface area contributed by atoms with E-state index in [1.165, 1.54) is 77.0 Å². The van der Waals surface area contributed by atoms with Gasteiger partial charge in [-0.2, -0.15) is 0 Å². The Morgan fingerprint density at radius 1 is 0.413 bits per heavy atom. The molecule has 2 atom stereocenters. The van der Waals surface area contributed by atoms with E-state index in [9.17, 15) is 19.5 Å². The Hall–Kier alpha value is -4.31. The van der Waals surface area contributed by atoms with Crippen molar-refractivity contribution in [1.82, 2.24) is 0 Å². The highest BCUT2D eigenvalue weighted by molar-refractivity contribution is 5.70. The molecule has 0 aliphatic heterocycles. The van der Waals surface area contributed by atoms with Crippen LogP contribution in [0, 0.1) is 0 Å². The normalized spacial score (nSPS) is 13.7. The van der Waals surface area contributed by atoms with Gasteiger partial charge >= 0.3 is 11.9 Å².